The first kappa shape index (κ1) is 23.4. The second-order valence-electron chi connectivity index (χ2n) is 9.32. The van der Waals surface area contributed by atoms with E-state index in [9.17, 15) is 22.4 Å². The van der Waals surface area contributed by atoms with E-state index >= 15 is 0 Å². The first-order chi connectivity index (χ1) is 16.7. The highest BCUT2D eigenvalue weighted by atomic mass is 19.3. The van der Waals surface area contributed by atoms with Crippen LogP contribution in [-0.2, 0) is 10.3 Å². The summed E-state index contributed by atoms with van der Waals surface area (Å²) in [6, 6.07) is 6.12. The Morgan fingerprint density at radius 1 is 1.23 bits per heavy atom. The second-order valence-corrected chi connectivity index (χ2v) is 9.32. The summed E-state index contributed by atoms with van der Waals surface area (Å²) in [5.74, 6) is -4.60. The Morgan fingerprint density at radius 3 is 2.71 bits per heavy atom. The van der Waals surface area contributed by atoms with E-state index in [0.29, 0.717) is 18.3 Å². The maximum atomic E-state index is 15.0. The van der Waals surface area contributed by atoms with E-state index in [1.54, 1.807) is 6.07 Å². The van der Waals surface area contributed by atoms with Gasteiger partial charge in [-0.2, -0.15) is 0 Å². The van der Waals surface area contributed by atoms with E-state index < -0.39 is 60.7 Å². The van der Waals surface area contributed by atoms with Gasteiger partial charge in [-0.25, -0.2) is 27.5 Å². The number of benzene rings is 1. The number of pyridine rings is 1. The lowest BCUT2D eigenvalue weighted by atomic mass is 9.76. The van der Waals surface area contributed by atoms with Gasteiger partial charge in [-0.3, -0.25) is 4.79 Å². The van der Waals surface area contributed by atoms with E-state index in [1.807, 2.05) is 0 Å². The summed E-state index contributed by atoms with van der Waals surface area (Å²) in [7, 11) is 0. The molecule has 0 bridgehead atoms. The molecule has 2 heterocycles. The number of nitrogens with two attached hydrogens (primary N) is 1. The van der Waals surface area contributed by atoms with Crippen molar-refractivity contribution in [3.8, 4) is 5.75 Å². The monoisotopic (exact) mass is 492 g/mol. The zero-order valence-corrected chi connectivity index (χ0v) is 18.6. The first-order valence-corrected chi connectivity index (χ1v) is 11.3. The number of anilines is 1. The fraction of sp³-hybridized carbons (Fsp3) is 0.458. The minimum absolute atomic E-state index is 0.0821. The molecule has 3 atom stereocenters. The summed E-state index contributed by atoms with van der Waals surface area (Å²) in [5.41, 5.74) is 3.59. The predicted molar refractivity (Wildman–Crippen MR) is 119 cm³/mol. The van der Waals surface area contributed by atoms with Gasteiger partial charge in [0.2, 0.25) is 0 Å². The van der Waals surface area contributed by atoms with Crippen molar-refractivity contribution in [1.29, 1.82) is 0 Å². The van der Waals surface area contributed by atoms with Crippen LogP contribution in [-0.4, -0.2) is 42.2 Å². The third-order valence-electron chi connectivity index (χ3n) is 6.71. The number of amides is 1. The lowest BCUT2D eigenvalue weighted by Gasteiger charge is -2.40. The molecule has 3 aliphatic rings. The van der Waals surface area contributed by atoms with Gasteiger partial charge in [0.15, 0.2) is 0 Å². The van der Waals surface area contributed by atoms with E-state index in [0.717, 1.165) is 18.9 Å². The van der Waals surface area contributed by atoms with Crippen LogP contribution in [0.15, 0.2) is 41.5 Å². The summed E-state index contributed by atoms with van der Waals surface area (Å²) >= 11 is 0. The first-order valence-electron chi connectivity index (χ1n) is 11.3. The molecule has 1 aromatic carbocycles. The number of nitrogens with zero attached hydrogens (tertiary/aromatic N) is 2. The molecule has 1 amide bonds. The summed E-state index contributed by atoms with van der Waals surface area (Å²) in [6.45, 7) is -0.666. The molecular formula is C24H24F4N4O3. The molecule has 1 aliphatic heterocycles. The molecule has 2 aliphatic carbocycles. The SMILES string of the molecule is NC1=NC(CF)(c2cc(NC(=O)c3ccc(OCC4CC4)cn3)ccc2F)C2CC(F)(F)CC2O1. The molecule has 3 unspecified atom stereocenters. The minimum Gasteiger partial charge on any atom is -0.492 e. The molecule has 5 rings (SSSR count). The molecule has 7 nitrogen and oxygen atoms in total. The average Bonchev–Trinajstić information content (AvgIpc) is 3.59. The van der Waals surface area contributed by atoms with Crippen LogP contribution in [0.2, 0.25) is 0 Å². The Labute approximate surface area is 198 Å². The van der Waals surface area contributed by atoms with Gasteiger partial charge in [0.1, 0.15) is 35.6 Å². The van der Waals surface area contributed by atoms with Crippen molar-refractivity contribution < 1.29 is 31.8 Å². The largest absolute Gasteiger partial charge is 0.492 e. The predicted octanol–water partition coefficient (Wildman–Crippen LogP) is 4.19. The van der Waals surface area contributed by atoms with Crippen LogP contribution in [0.4, 0.5) is 23.2 Å². The third-order valence-corrected chi connectivity index (χ3v) is 6.71. The fourth-order valence-corrected chi connectivity index (χ4v) is 4.72. The molecule has 186 valence electrons. The Hall–Kier alpha value is -3.37. The number of nitrogens with one attached hydrogen (secondary N) is 1. The summed E-state index contributed by atoms with van der Waals surface area (Å²) in [5, 5.41) is 2.58. The Kier molecular flexibility index (Phi) is 5.80. The number of aliphatic imine (C=N–C) groups is 1. The smallest absolute Gasteiger partial charge is 0.283 e. The van der Waals surface area contributed by atoms with E-state index in [2.05, 4.69) is 15.3 Å². The van der Waals surface area contributed by atoms with Crippen molar-refractivity contribution in [3.05, 3.63) is 53.6 Å². The van der Waals surface area contributed by atoms with Crippen LogP contribution in [0, 0.1) is 17.7 Å². The van der Waals surface area contributed by atoms with Crippen LogP contribution in [0.3, 0.4) is 0 Å². The number of aromatic nitrogens is 1. The number of amidine groups is 1. The van der Waals surface area contributed by atoms with Gasteiger partial charge in [-0.1, -0.05) is 0 Å². The standard InChI is InChI=1S/C24H24F4N4O3/c25-12-24(17-8-23(27,28)9-20(17)35-22(29)32-24)16-7-14(3-5-18(16)26)31-21(33)19-6-4-15(10-30-19)34-11-13-1-2-13/h3-7,10,13,17,20H,1-2,8-9,11-12H2,(H2,29,32)(H,31,33). The maximum absolute atomic E-state index is 15.0. The topological polar surface area (TPSA) is 98.8 Å². The molecule has 0 radical (unpaired) electrons. The van der Waals surface area contributed by atoms with Crippen molar-refractivity contribution in [3.63, 3.8) is 0 Å². The number of ether oxygens (including phenoxy) is 2. The molecule has 2 aromatic rings. The molecule has 35 heavy (non-hydrogen) atoms. The molecule has 2 saturated carbocycles. The Bertz CT molecular complexity index is 1160. The van der Waals surface area contributed by atoms with E-state index in [-0.39, 0.29) is 16.9 Å². The number of carbonyl (C=O) groups excluding carboxylic acids is 1. The molecule has 0 spiro atoms. The van der Waals surface area contributed by atoms with Crippen LogP contribution in [0.5, 0.6) is 5.75 Å². The van der Waals surface area contributed by atoms with Gasteiger partial charge < -0.3 is 20.5 Å². The molecule has 1 aromatic heterocycles. The normalized spacial score (nSPS) is 26.9. The third kappa shape index (κ3) is 4.63. The van der Waals surface area contributed by atoms with Crippen molar-refractivity contribution in [2.45, 2.75) is 43.2 Å². The number of alkyl halides is 3. The van der Waals surface area contributed by atoms with E-state index in [1.165, 1.54) is 24.4 Å². The van der Waals surface area contributed by atoms with Gasteiger partial charge in [0, 0.05) is 30.0 Å². The highest BCUT2D eigenvalue weighted by Gasteiger charge is 2.60. The maximum Gasteiger partial charge on any atom is 0.283 e. The quantitative estimate of drug-likeness (QED) is 0.565. The van der Waals surface area contributed by atoms with Gasteiger partial charge >= 0.3 is 0 Å². The van der Waals surface area contributed by atoms with Crippen molar-refractivity contribution in [2.75, 3.05) is 18.6 Å². The molecule has 0 saturated heterocycles. The average molecular weight is 492 g/mol. The zero-order chi connectivity index (χ0) is 24.8. The Morgan fingerprint density at radius 2 is 2.03 bits per heavy atom. The summed E-state index contributed by atoms with van der Waals surface area (Å²) < 4.78 is 68.7. The van der Waals surface area contributed by atoms with Gasteiger partial charge in [0.25, 0.3) is 17.9 Å². The summed E-state index contributed by atoms with van der Waals surface area (Å²) in [6.07, 6.45) is 1.22. The summed E-state index contributed by atoms with van der Waals surface area (Å²) in [4.78, 5) is 20.8. The van der Waals surface area contributed by atoms with Crippen LogP contribution in [0.1, 0.15) is 41.7 Å². The highest BCUT2D eigenvalue weighted by molar-refractivity contribution is 6.02. The number of carbonyl (C=O) groups is 1. The van der Waals surface area contributed by atoms with E-state index in [4.69, 9.17) is 15.2 Å². The molecule has 11 heteroatoms. The molecule has 3 N–H and O–H groups in total. The zero-order valence-electron chi connectivity index (χ0n) is 18.6. The van der Waals surface area contributed by atoms with Crippen molar-refractivity contribution in [1.82, 2.24) is 4.98 Å². The fourth-order valence-electron chi connectivity index (χ4n) is 4.72. The van der Waals surface area contributed by atoms with Crippen LogP contribution in [0.25, 0.3) is 0 Å². The number of hydrogen-bond acceptors (Lipinski definition) is 6. The van der Waals surface area contributed by atoms with Crippen molar-refractivity contribution >= 4 is 17.6 Å². The Balaban J connectivity index is 1.39. The van der Waals surface area contributed by atoms with Crippen LogP contribution >= 0.6 is 0 Å². The van der Waals surface area contributed by atoms with Gasteiger partial charge in [0.05, 0.1) is 12.8 Å². The lowest BCUT2D eigenvalue weighted by Crippen LogP contribution is -2.48. The highest BCUT2D eigenvalue weighted by Crippen LogP contribution is 2.53. The number of halogens is 4. The van der Waals surface area contributed by atoms with Gasteiger partial charge in [-0.05, 0) is 49.1 Å². The number of fused-ring (bicyclic) bond motifs is 1. The second kappa shape index (κ2) is 8.69. The number of hydrogen-bond donors (Lipinski definition) is 2. The lowest BCUT2D eigenvalue weighted by molar-refractivity contribution is -0.00299. The molecule has 2 fully saturated rings. The van der Waals surface area contributed by atoms with Gasteiger partial charge in [-0.15, -0.1) is 0 Å². The molecular weight excluding hydrogens is 468 g/mol. The minimum atomic E-state index is -3.13. The number of rotatable bonds is 7. The van der Waals surface area contributed by atoms with Crippen molar-refractivity contribution in [2.24, 2.45) is 22.6 Å². The van der Waals surface area contributed by atoms with Crippen LogP contribution < -0.4 is 15.8 Å².